The molecule has 0 fully saturated rings. The molecule has 5 N–H and O–H groups in total. The predicted octanol–water partition coefficient (Wildman–Crippen LogP) is 3.53. The molecule has 1 aromatic carbocycles. The summed E-state index contributed by atoms with van der Waals surface area (Å²) in [6.45, 7) is 5.78. The monoisotopic (exact) mass is 325 g/mol. The third-order valence-corrected chi connectivity index (χ3v) is 4.06. The quantitative estimate of drug-likeness (QED) is 0.685. The highest BCUT2D eigenvalue weighted by molar-refractivity contribution is 5.88. The fourth-order valence-corrected chi connectivity index (χ4v) is 2.81. The van der Waals surface area contributed by atoms with E-state index in [0.717, 1.165) is 23.0 Å². The lowest BCUT2D eigenvalue weighted by Gasteiger charge is -2.12. The number of nitrogens with zero attached hydrogens (tertiary/aromatic N) is 2. The molecule has 5 nitrogen and oxygen atoms in total. The highest BCUT2D eigenvalue weighted by atomic mass is 19.1. The fraction of sp³-hybridized carbons (Fsp3) is 0.167. The Kier molecular flexibility index (Phi) is 3.89. The smallest absolute Gasteiger partial charge is 0.166 e. The van der Waals surface area contributed by atoms with Gasteiger partial charge in [-0.3, -0.25) is 0 Å². The second-order valence-electron chi connectivity index (χ2n) is 5.75. The minimum atomic E-state index is -0.617. The van der Waals surface area contributed by atoms with E-state index in [1.165, 1.54) is 11.6 Å². The summed E-state index contributed by atoms with van der Waals surface area (Å²) in [5.41, 5.74) is 15.2. The molecular weight excluding hydrogens is 305 g/mol. The third kappa shape index (κ3) is 2.67. The molecule has 0 aliphatic heterocycles. The van der Waals surface area contributed by atoms with Gasteiger partial charge >= 0.3 is 0 Å². The molecule has 0 spiro atoms. The molecule has 3 aromatic rings. The Morgan fingerprint density at radius 2 is 2.12 bits per heavy atom. The summed E-state index contributed by atoms with van der Waals surface area (Å²) >= 11 is 0. The molecular formula is C18H20FN5. The zero-order valence-corrected chi connectivity index (χ0v) is 13.7. The molecule has 2 heterocycles. The molecule has 0 atom stereocenters. The maximum absolute atomic E-state index is 13.7. The van der Waals surface area contributed by atoms with Crippen LogP contribution in [0.3, 0.4) is 0 Å². The standard InChI is InChI=1S/C18H20FN5/c1-4-11-9-24(3)16-6-5-12(7-14(11)16)22-18-13(10(2)20)8-15(19)17(21)23-18/h5-9H,2,4,20H2,1,3H3,(H3,21,22,23). The van der Waals surface area contributed by atoms with Gasteiger partial charge in [0.1, 0.15) is 5.82 Å². The lowest BCUT2D eigenvalue weighted by atomic mass is 10.1. The van der Waals surface area contributed by atoms with Crippen LogP contribution in [0.2, 0.25) is 0 Å². The van der Waals surface area contributed by atoms with Crippen molar-refractivity contribution in [3.63, 3.8) is 0 Å². The van der Waals surface area contributed by atoms with Crippen LogP contribution in [-0.2, 0) is 13.5 Å². The Hall–Kier alpha value is -3.02. The third-order valence-electron chi connectivity index (χ3n) is 4.06. The number of pyridine rings is 1. The van der Waals surface area contributed by atoms with Gasteiger partial charge in [0.15, 0.2) is 11.6 Å². The first-order valence-electron chi connectivity index (χ1n) is 7.66. The molecule has 6 heteroatoms. The fourth-order valence-electron chi connectivity index (χ4n) is 2.81. The highest BCUT2D eigenvalue weighted by Crippen LogP contribution is 2.29. The molecule has 0 saturated carbocycles. The van der Waals surface area contributed by atoms with E-state index in [1.54, 1.807) is 0 Å². The second kappa shape index (κ2) is 5.88. The molecule has 3 rings (SSSR count). The van der Waals surface area contributed by atoms with Gasteiger partial charge in [-0.05, 0) is 36.2 Å². The van der Waals surface area contributed by atoms with Crippen LogP contribution in [-0.4, -0.2) is 9.55 Å². The van der Waals surface area contributed by atoms with Crippen molar-refractivity contribution in [1.29, 1.82) is 0 Å². The summed E-state index contributed by atoms with van der Waals surface area (Å²) in [7, 11) is 2.02. The molecule has 0 radical (unpaired) electrons. The number of anilines is 3. The number of rotatable bonds is 4. The first kappa shape index (κ1) is 15.9. The second-order valence-corrected chi connectivity index (χ2v) is 5.75. The van der Waals surface area contributed by atoms with Crippen molar-refractivity contribution in [2.45, 2.75) is 13.3 Å². The predicted molar refractivity (Wildman–Crippen MR) is 97.4 cm³/mol. The molecule has 24 heavy (non-hydrogen) atoms. The number of halogens is 1. The summed E-state index contributed by atoms with van der Waals surface area (Å²) in [6, 6.07) is 7.25. The molecule has 0 bridgehead atoms. The Morgan fingerprint density at radius 3 is 2.79 bits per heavy atom. The number of nitrogens with two attached hydrogens (primary N) is 2. The van der Waals surface area contributed by atoms with Crippen molar-refractivity contribution in [3.8, 4) is 0 Å². The van der Waals surface area contributed by atoms with Crippen LogP contribution in [0, 0.1) is 5.82 Å². The minimum absolute atomic E-state index is 0.183. The van der Waals surface area contributed by atoms with Crippen molar-refractivity contribution in [3.05, 3.63) is 54.0 Å². The van der Waals surface area contributed by atoms with E-state index < -0.39 is 5.82 Å². The van der Waals surface area contributed by atoms with E-state index in [2.05, 4.69) is 34.6 Å². The van der Waals surface area contributed by atoms with Crippen LogP contribution >= 0.6 is 0 Å². The summed E-state index contributed by atoms with van der Waals surface area (Å²) in [5.74, 6) is -0.416. The summed E-state index contributed by atoms with van der Waals surface area (Å²) in [5, 5.41) is 4.33. The molecule has 0 aliphatic rings. The Bertz CT molecular complexity index is 942. The van der Waals surface area contributed by atoms with E-state index in [9.17, 15) is 4.39 Å². The van der Waals surface area contributed by atoms with Crippen LogP contribution in [0.5, 0.6) is 0 Å². The lowest BCUT2D eigenvalue weighted by molar-refractivity contribution is 0.627. The summed E-state index contributed by atoms with van der Waals surface area (Å²) in [6.07, 6.45) is 3.06. The van der Waals surface area contributed by atoms with Crippen molar-refractivity contribution >= 4 is 33.9 Å². The van der Waals surface area contributed by atoms with E-state index in [-0.39, 0.29) is 11.5 Å². The molecule has 124 valence electrons. The lowest BCUT2D eigenvalue weighted by Crippen LogP contribution is -2.06. The van der Waals surface area contributed by atoms with Crippen molar-refractivity contribution in [1.82, 2.24) is 9.55 Å². The number of nitrogen functional groups attached to an aromatic ring is 1. The number of aryl methyl sites for hydroxylation is 2. The van der Waals surface area contributed by atoms with Gasteiger partial charge in [-0.25, -0.2) is 9.37 Å². The van der Waals surface area contributed by atoms with Gasteiger partial charge < -0.3 is 21.4 Å². The molecule has 0 amide bonds. The van der Waals surface area contributed by atoms with Crippen LogP contribution in [0.1, 0.15) is 18.1 Å². The number of fused-ring (bicyclic) bond motifs is 1. The van der Waals surface area contributed by atoms with Crippen LogP contribution in [0.4, 0.5) is 21.7 Å². The Labute approximate surface area is 139 Å². The molecule has 2 aromatic heterocycles. The van der Waals surface area contributed by atoms with Crippen LogP contribution in [0.25, 0.3) is 16.6 Å². The van der Waals surface area contributed by atoms with Crippen LogP contribution < -0.4 is 16.8 Å². The number of hydrogen-bond acceptors (Lipinski definition) is 4. The summed E-state index contributed by atoms with van der Waals surface area (Å²) in [4.78, 5) is 4.06. The topological polar surface area (TPSA) is 81.9 Å². The summed E-state index contributed by atoms with van der Waals surface area (Å²) < 4.78 is 15.7. The van der Waals surface area contributed by atoms with Gasteiger partial charge in [0, 0.05) is 41.1 Å². The van der Waals surface area contributed by atoms with Gasteiger partial charge in [-0.2, -0.15) is 0 Å². The molecule has 0 saturated heterocycles. The number of aromatic nitrogens is 2. The molecule has 0 unspecified atom stereocenters. The van der Waals surface area contributed by atoms with E-state index in [4.69, 9.17) is 11.5 Å². The van der Waals surface area contributed by atoms with E-state index >= 15 is 0 Å². The minimum Gasteiger partial charge on any atom is -0.399 e. The van der Waals surface area contributed by atoms with Crippen molar-refractivity contribution in [2.24, 2.45) is 12.8 Å². The first-order chi connectivity index (χ1) is 11.4. The maximum atomic E-state index is 13.7. The Balaban J connectivity index is 2.07. The average molecular weight is 325 g/mol. The number of hydrogen-bond donors (Lipinski definition) is 3. The van der Waals surface area contributed by atoms with Gasteiger partial charge in [0.2, 0.25) is 0 Å². The van der Waals surface area contributed by atoms with Gasteiger partial charge in [-0.15, -0.1) is 0 Å². The number of nitrogens with one attached hydrogen (secondary N) is 1. The normalized spacial score (nSPS) is 11.0. The average Bonchev–Trinajstić information content (AvgIpc) is 2.86. The zero-order chi connectivity index (χ0) is 17.4. The first-order valence-corrected chi connectivity index (χ1v) is 7.66. The number of benzene rings is 1. The highest BCUT2D eigenvalue weighted by Gasteiger charge is 2.12. The zero-order valence-electron chi connectivity index (χ0n) is 13.7. The largest absolute Gasteiger partial charge is 0.399 e. The van der Waals surface area contributed by atoms with Crippen molar-refractivity contribution in [2.75, 3.05) is 11.1 Å². The van der Waals surface area contributed by atoms with E-state index in [1.807, 2.05) is 25.2 Å². The van der Waals surface area contributed by atoms with Gasteiger partial charge in [0.05, 0.1) is 0 Å². The van der Waals surface area contributed by atoms with Gasteiger partial charge in [-0.1, -0.05) is 13.5 Å². The Morgan fingerprint density at radius 1 is 1.38 bits per heavy atom. The molecule has 0 aliphatic carbocycles. The van der Waals surface area contributed by atoms with E-state index in [0.29, 0.717) is 11.4 Å². The maximum Gasteiger partial charge on any atom is 0.166 e. The SMILES string of the molecule is C=C(N)c1cc(F)c(N)nc1Nc1ccc2c(c1)c(CC)cn2C. The van der Waals surface area contributed by atoms with Crippen LogP contribution in [0.15, 0.2) is 37.0 Å². The van der Waals surface area contributed by atoms with Gasteiger partial charge in [0.25, 0.3) is 0 Å². The van der Waals surface area contributed by atoms with Crippen molar-refractivity contribution < 1.29 is 4.39 Å².